The molecule has 3 aliphatic rings. The summed E-state index contributed by atoms with van der Waals surface area (Å²) in [5.74, 6) is 0.610. The number of hydrogen-bond acceptors (Lipinski definition) is 3. The molecule has 0 aromatic heterocycles. The zero-order valence-electron chi connectivity index (χ0n) is 13.4. The van der Waals surface area contributed by atoms with Crippen LogP contribution < -0.4 is 5.32 Å². The Kier molecular flexibility index (Phi) is 5.34. The molecular formula is C17H28N2O3. The SMILES string of the molecule is O=C(NC1CCN(C(=O)C2CCCO2)CC1)C1CCCCC1. The Morgan fingerprint density at radius 3 is 2.27 bits per heavy atom. The van der Waals surface area contributed by atoms with Crippen LogP contribution in [0.3, 0.4) is 0 Å². The normalized spacial score (nSPS) is 27.8. The van der Waals surface area contributed by atoms with Gasteiger partial charge in [-0.2, -0.15) is 0 Å². The molecule has 1 unspecified atom stereocenters. The van der Waals surface area contributed by atoms with E-state index >= 15 is 0 Å². The van der Waals surface area contributed by atoms with E-state index in [0.717, 1.165) is 51.6 Å². The standard InChI is InChI=1S/C17H28N2O3/c20-16(13-5-2-1-3-6-13)18-14-8-10-19(11-9-14)17(21)15-7-4-12-22-15/h13-15H,1-12H2,(H,18,20). The van der Waals surface area contributed by atoms with Gasteiger partial charge in [-0.1, -0.05) is 19.3 Å². The monoisotopic (exact) mass is 308 g/mol. The van der Waals surface area contributed by atoms with Crippen LogP contribution >= 0.6 is 0 Å². The van der Waals surface area contributed by atoms with Crippen molar-refractivity contribution in [1.29, 1.82) is 0 Å². The molecule has 0 bridgehead atoms. The van der Waals surface area contributed by atoms with E-state index in [-0.39, 0.29) is 29.9 Å². The van der Waals surface area contributed by atoms with E-state index in [1.165, 1.54) is 19.3 Å². The predicted molar refractivity (Wildman–Crippen MR) is 83.3 cm³/mol. The number of likely N-dealkylation sites (tertiary alicyclic amines) is 1. The molecule has 0 spiro atoms. The van der Waals surface area contributed by atoms with Crippen molar-refractivity contribution in [3.05, 3.63) is 0 Å². The molecule has 124 valence electrons. The van der Waals surface area contributed by atoms with Crippen molar-refractivity contribution in [2.24, 2.45) is 5.92 Å². The third kappa shape index (κ3) is 3.80. The first-order valence-corrected chi connectivity index (χ1v) is 8.95. The van der Waals surface area contributed by atoms with Gasteiger partial charge in [0.1, 0.15) is 6.10 Å². The van der Waals surface area contributed by atoms with Gasteiger partial charge in [0.05, 0.1) is 0 Å². The largest absolute Gasteiger partial charge is 0.368 e. The average Bonchev–Trinajstić information content (AvgIpc) is 3.10. The van der Waals surface area contributed by atoms with Crippen LogP contribution in [0.1, 0.15) is 57.8 Å². The Hall–Kier alpha value is -1.10. The topological polar surface area (TPSA) is 58.6 Å². The minimum absolute atomic E-state index is 0.148. The molecule has 2 aliphatic heterocycles. The number of hydrogen-bond donors (Lipinski definition) is 1. The molecule has 1 atom stereocenters. The van der Waals surface area contributed by atoms with E-state index < -0.39 is 0 Å². The minimum Gasteiger partial charge on any atom is -0.368 e. The number of rotatable bonds is 3. The third-order valence-electron chi connectivity index (χ3n) is 5.33. The van der Waals surface area contributed by atoms with Crippen LogP contribution in [0.15, 0.2) is 0 Å². The quantitative estimate of drug-likeness (QED) is 0.865. The number of ether oxygens (including phenoxy) is 1. The van der Waals surface area contributed by atoms with Crippen LogP contribution in [-0.2, 0) is 14.3 Å². The molecule has 2 amide bonds. The first-order chi connectivity index (χ1) is 10.7. The summed E-state index contributed by atoms with van der Waals surface area (Å²) in [5, 5.41) is 3.21. The summed E-state index contributed by atoms with van der Waals surface area (Å²) >= 11 is 0. The summed E-state index contributed by atoms with van der Waals surface area (Å²) in [6, 6.07) is 0.239. The summed E-state index contributed by atoms with van der Waals surface area (Å²) in [5.41, 5.74) is 0. The van der Waals surface area contributed by atoms with E-state index in [4.69, 9.17) is 4.74 Å². The number of amides is 2. The summed E-state index contributed by atoms with van der Waals surface area (Å²) in [6.07, 6.45) is 9.11. The highest BCUT2D eigenvalue weighted by molar-refractivity contribution is 5.81. The number of nitrogens with one attached hydrogen (secondary N) is 1. The first-order valence-electron chi connectivity index (χ1n) is 8.95. The molecule has 3 rings (SSSR count). The van der Waals surface area contributed by atoms with Gasteiger partial charge in [0.15, 0.2) is 0 Å². The highest BCUT2D eigenvalue weighted by Gasteiger charge is 2.32. The van der Waals surface area contributed by atoms with E-state index in [1.807, 2.05) is 4.90 Å². The van der Waals surface area contributed by atoms with Crippen LogP contribution in [0.25, 0.3) is 0 Å². The molecule has 0 aromatic rings. The van der Waals surface area contributed by atoms with Crippen molar-refractivity contribution in [3.63, 3.8) is 0 Å². The van der Waals surface area contributed by atoms with Gasteiger partial charge in [0.25, 0.3) is 5.91 Å². The second kappa shape index (κ2) is 7.44. The van der Waals surface area contributed by atoms with E-state index in [1.54, 1.807) is 0 Å². The van der Waals surface area contributed by atoms with Gasteiger partial charge in [-0.3, -0.25) is 9.59 Å². The smallest absolute Gasteiger partial charge is 0.251 e. The Balaban J connectivity index is 1.41. The maximum Gasteiger partial charge on any atom is 0.251 e. The number of carbonyl (C=O) groups excluding carboxylic acids is 2. The van der Waals surface area contributed by atoms with Crippen molar-refractivity contribution >= 4 is 11.8 Å². The summed E-state index contributed by atoms with van der Waals surface area (Å²) < 4.78 is 5.48. The van der Waals surface area contributed by atoms with Crippen LogP contribution in [0, 0.1) is 5.92 Å². The zero-order chi connectivity index (χ0) is 15.4. The zero-order valence-corrected chi connectivity index (χ0v) is 13.4. The third-order valence-corrected chi connectivity index (χ3v) is 5.33. The molecule has 1 aliphatic carbocycles. The molecule has 2 heterocycles. The molecule has 2 saturated heterocycles. The fraction of sp³-hybridized carbons (Fsp3) is 0.882. The maximum absolute atomic E-state index is 12.3. The second-order valence-corrected chi connectivity index (χ2v) is 6.94. The predicted octanol–water partition coefficient (Wildman–Crippen LogP) is 1.85. The molecule has 1 N–H and O–H groups in total. The fourth-order valence-electron chi connectivity index (χ4n) is 3.90. The molecule has 5 nitrogen and oxygen atoms in total. The van der Waals surface area contributed by atoms with Gasteiger partial charge in [-0.25, -0.2) is 0 Å². The lowest BCUT2D eigenvalue weighted by atomic mass is 9.88. The number of nitrogens with zero attached hydrogens (tertiary/aromatic N) is 1. The highest BCUT2D eigenvalue weighted by Crippen LogP contribution is 2.24. The van der Waals surface area contributed by atoms with Crippen LogP contribution in [0.5, 0.6) is 0 Å². The van der Waals surface area contributed by atoms with Gasteiger partial charge in [0.2, 0.25) is 5.91 Å². The highest BCUT2D eigenvalue weighted by atomic mass is 16.5. The Bertz CT molecular complexity index is 393. The molecule has 22 heavy (non-hydrogen) atoms. The molecule has 1 saturated carbocycles. The summed E-state index contributed by atoms with van der Waals surface area (Å²) in [4.78, 5) is 26.5. The van der Waals surface area contributed by atoms with Gasteiger partial charge in [-0.15, -0.1) is 0 Å². The lowest BCUT2D eigenvalue weighted by Crippen LogP contribution is -2.50. The average molecular weight is 308 g/mol. The molecule has 3 fully saturated rings. The van der Waals surface area contributed by atoms with Gasteiger partial charge >= 0.3 is 0 Å². The van der Waals surface area contributed by atoms with Crippen LogP contribution in [0.4, 0.5) is 0 Å². The van der Waals surface area contributed by atoms with Crippen molar-refractivity contribution in [3.8, 4) is 0 Å². The summed E-state index contributed by atoms with van der Waals surface area (Å²) in [7, 11) is 0. The Morgan fingerprint density at radius 2 is 1.64 bits per heavy atom. The van der Waals surface area contributed by atoms with Gasteiger partial charge in [0, 0.05) is 31.7 Å². The minimum atomic E-state index is -0.214. The van der Waals surface area contributed by atoms with E-state index in [2.05, 4.69) is 5.32 Å². The molecule has 0 radical (unpaired) electrons. The fourth-order valence-corrected chi connectivity index (χ4v) is 3.90. The van der Waals surface area contributed by atoms with E-state index in [0.29, 0.717) is 6.61 Å². The first kappa shape index (κ1) is 15.8. The molecule has 0 aromatic carbocycles. The van der Waals surface area contributed by atoms with Gasteiger partial charge in [-0.05, 0) is 38.5 Å². The van der Waals surface area contributed by atoms with Crippen molar-refractivity contribution < 1.29 is 14.3 Å². The van der Waals surface area contributed by atoms with Crippen molar-refractivity contribution in [2.75, 3.05) is 19.7 Å². The van der Waals surface area contributed by atoms with Crippen LogP contribution in [0.2, 0.25) is 0 Å². The summed E-state index contributed by atoms with van der Waals surface area (Å²) in [6.45, 7) is 2.20. The Morgan fingerprint density at radius 1 is 0.909 bits per heavy atom. The van der Waals surface area contributed by atoms with Gasteiger partial charge < -0.3 is 15.0 Å². The van der Waals surface area contributed by atoms with E-state index in [9.17, 15) is 9.59 Å². The lowest BCUT2D eigenvalue weighted by Gasteiger charge is -2.34. The molecular weight excluding hydrogens is 280 g/mol. The van der Waals surface area contributed by atoms with Crippen molar-refractivity contribution in [1.82, 2.24) is 10.2 Å². The molecule has 5 heteroatoms. The maximum atomic E-state index is 12.3. The van der Waals surface area contributed by atoms with Crippen LogP contribution in [-0.4, -0.2) is 48.6 Å². The number of piperidine rings is 1. The van der Waals surface area contributed by atoms with Crippen molar-refractivity contribution in [2.45, 2.75) is 69.9 Å². The number of carbonyl (C=O) groups is 2. The Labute approximate surface area is 132 Å². The lowest BCUT2D eigenvalue weighted by molar-refractivity contribution is -0.142. The second-order valence-electron chi connectivity index (χ2n) is 6.94.